The summed E-state index contributed by atoms with van der Waals surface area (Å²) in [6.07, 6.45) is 7.57. The molecule has 33 heavy (non-hydrogen) atoms. The van der Waals surface area contributed by atoms with Crippen LogP contribution in [-0.2, 0) is 11.2 Å². The van der Waals surface area contributed by atoms with E-state index < -0.39 is 0 Å². The number of nitrogens with zero attached hydrogens (tertiary/aromatic N) is 3. The quantitative estimate of drug-likeness (QED) is 0.376. The van der Waals surface area contributed by atoms with Crippen molar-refractivity contribution in [3.63, 3.8) is 0 Å². The predicted molar refractivity (Wildman–Crippen MR) is 131 cm³/mol. The highest BCUT2D eigenvalue weighted by atomic mass is 35.5. The van der Waals surface area contributed by atoms with E-state index in [1.807, 2.05) is 24.3 Å². The molecule has 2 aromatic carbocycles. The van der Waals surface area contributed by atoms with Gasteiger partial charge in [-0.2, -0.15) is 5.26 Å². The molecule has 4 nitrogen and oxygen atoms in total. The highest BCUT2D eigenvalue weighted by molar-refractivity contribution is 6.30. The minimum atomic E-state index is -0.125. The van der Waals surface area contributed by atoms with E-state index in [2.05, 4.69) is 41.0 Å². The summed E-state index contributed by atoms with van der Waals surface area (Å²) in [6, 6.07) is 17.4. The monoisotopic (exact) mass is 459 g/mol. The Morgan fingerprint density at radius 1 is 1.18 bits per heavy atom. The highest BCUT2D eigenvalue weighted by Gasteiger charge is 2.73. The zero-order chi connectivity index (χ0) is 22.7. The summed E-state index contributed by atoms with van der Waals surface area (Å²) >= 11 is 6.17. The van der Waals surface area contributed by atoms with Crippen molar-refractivity contribution in [1.29, 1.82) is 5.26 Å². The maximum atomic E-state index is 13.8. The number of ketones is 1. The van der Waals surface area contributed by atoms with Gasteiger partial charge in [0.1, 0.15) is 0 Å². The molecule has 1 spiro atoms. The van der Waals surface area contributed by atoms with Gasteiger partial charge in [-0.1, -0.05) is 23.7 Å². The van der Waals surface area contributed by atoms with Crippen molar-refractivity contribution in [2.45, 2.75) is 75.4 Å². The van der Waals surface area contributed by atoms with E-state index in [1.165, 1.54) is 31.2 Å². The fraction of sp³-hybridized carbons (Fsp3) is 0.500. The second-order valence-corrected chi connectivity index (χ2v) is 10.8. The molecular formula is C28H30ClN3O. The summed E-state index contributed by atoms with van der Waals surface area (Å²) in [6.45, 7) is 2.77. The Labute approximate surface area is 201 Å². The topological polar surface area (TPSA) is 47.1 Å². The van der Waals surface area contributed by atoms with Gasteiger partial charge in [-0.25, -0.2) is 0 Å². The molecule has 2 heterocycles. The number of hydrogen-bond donors (Lipinski definition) is 0. The van der Waals surface area contributed by atoms with Crippen molar-refractivity contribution in [3.05, 3.63) is 58.6 Å². The second kappa shape index (κ2) is 7.86. The number of piperidine rings is 1. The van der Waals surface area contributed by atoms with Gasteiger partial charge in [0, 0.05) is 40.4 Å². The zero-order valence-electron chi connectivity index (χ0n) is 19.1. The fourth-order valence-electron chi connectivity index (χ4n) is 7.25. The van der Waals surface area contributed by atoms with Crippen molar-refractivity contribution in [2.24, 2.45) is 5.92 Å². The first-order valence-electron chi connectivity index (χ1n) is 12.4. The molecule has 5 heteroatoms. The summed E-state index contributed by atoms with van der Waals surface area (Å²) in [4.78, 5) is 18.6. The Morgan fingerprint density at radius 2 is 2.00 bits per heavy atom. The highest BCUT2D eigenvalue weighted by Crippen LogP contribution is 2.66. The lowest BCUT2D eigenvalue weighted by Gasteiger charge is -2.36. The predicted octanol–water partition coefficient (Wildman–Crippen LogP) is 6.01. The number of aryl methyl sites for hydroxylation is 1. The van der Waals surface area contributed by atoms with Gasteiger partial charge in [-0.05, 0) is 92.8 Å². The number of likely N-dealkylation sites (tertiary alicyclic amines) is 1. The molecule has 170 valence electrons. The van der Waals surface area contributed by atoms with Gasteiger partial charge in [0.25, 0.3) is 0 Å². The number of benzene rings is 2. The number of anilines is 2. The number of rotatable bonds is 7. The van der Waals surface area contributed by atoms with Crippen LogP contribution in [0.25, 0.3) is 0 Å². The molecule has 6 unspecified atom stereocenters. The Kier molecular flexibility index (Phi) is 5.05. The van der Waals surface area contributed by atoms with Crippen molar-refractivity contribution in [1.82, 2.24) is 4.90 Å². The average molecular weight is 460 g/mol. The molecule has 0 N–H and O–H groups in total. The number of hydrogen-bond acceptors (Lipinski definition) is 4. The minimum absolute atomic E-state index is 0.0533. The maximum absolute atomic E-state index is 13.8. The lowest BCUT2D eigenvalue weighted by molar-refractivity contribution is -0.121. The number of carbonyl (C=O) groups is 1. The van der Waals surface area contributed by atoms with Crippen LogP contribution in [0.3, 0.4) is 0 Å². The fourth-order valence-corrected chi connectivity index (χ4v) is 7.38. The van der Waals surface area contributed by atoms with E-state index in [-0.39, 0.29) is 12.0 Å². The smallest absolute Gasteiger partial charge is 0.156 e. The van der Waals surface area contributed by atoms with Gasteiger partial charge < -0.3 is 4.90 Å². The Morgan fingerprint density at radius 3 is 2.70 bits per heavy atom. The van der Waals surface area contributed by atoms with Crippen molar-refractivity contribution in [2.75, 3.05) is 11.4 Å². The van der Waals surface area contributed by atoms with Crippen LogP contribution in [0, 0.1) is 17.2 Å². The van der Waals surface area contributed by atoms with E-state index >= 15 is 0 Å². The van der Waals surface area contributed by atoms with Gasteiger partial charge >= 0.3 is 0 Å². The third-order valence-corrected chi connectivity index (χ3v) is 9.17. The number of unbranched alkanes of at least 4 members (excludes halogenated alkanes) is 1. The van der Waals surface area contributed by atoms with Crippen LogP contribution in [0.15, 0.2) is 42.5 Å². The first-order chi connectivity index (χ1) is 16.0. The lowest BCUT2D eigenvalue weighted by atomic mass is 9.74. The summed E-state index contributed by atoms with van der Waals surface area (Å²) in [7, 11) is 0. The van der Waals surface area contributed by atoms with Crippen LogP contribution in [0.2, 0.25) is 5.02 Å². The lowest BCUT2D eigenvalue weighted by Crippen LogP contribution is -2.40. The van der Waals surface area contributed by atoms with E-state index in [4.69, 9.17) is 16.9 Å². The van der Waals surface area contributed by atoms with Crippen LogP contribution in [-0.4, -0.2) is 34.9 Å². The molecule has 2 saturated carbocycles. The molecule has 2 aliphatic carbocycles. The molecule has 3 fully saturated rings. The van der Waals surface area contributed by atoms with Gasteiger partial charge in [0.05, 0.1) is 18.5 Å². The Balaban J connectivity index is 1.30. The summed E-state index contributed by atoms with van der Waals surface area (Å²) in [5.41, 5.74) is 4.95. The number of carbonyl (C=O) groups excluding carboxylic acids is 1. The summed E-state index contributed by atoms with van der Waals surface area (Å²) in [5, 5.41) is 9.62. The normalized spacial score (nSPS) is 33.0. The van der Waals surface area contributed by atoms with E-state index in [9.17, 15) is 4.79 Å². The molecule has 6 atom stereocenters. The second-order valence-electron chi connectivity index (χ2n) is 10.4. The number of fused-ring (bicyclic) bond motifs is 1. The van der Waals surface area contributed by atoms with Gasteiger partial charge in [-0.3, -0.25) is 9.69 Å². The molecule has 0 aromatic heterocycles. The van der Waals surface area contributed by atoms with Crippen molar-refractivity contribution >= 4 is 28.8 Å². The molecule has 0 amide bonds. The zero-order valence-corrected chi connectivity index (χ0v) is 19.9. The molecule has 1 saturated heterocycles. The Hall–Kier alpha value is -2.35. The minimum Gasteiger partial charge on any atom is -0.337 e. The first-order valence-corrected chi connectivity index (χ1v) is 12.8. The molecule has 2 aliphatic heterocycles. The van der Waals surface area contributed by atoms with E-state index in [0.29, 0.717) is 35.4 Å². The van der Waals surface area contributed by atoms with Gasteiger partial charge in [0.15, 0.2) is 5.78 Å². The molecule has 6 rings (SSSR count). The van der Waals surface area contributed by atoms with Gasteiger partial charge in [0.2, 0.25) is 0 Å². The summed E-state index contributed by atoms with van der Waals surface area (Å²) in [5.74, 6) is 1.07. The van der Waals surface area contributed by atoms with Crippen LogP contribution >= 0.6 is 11.6 Å². The SMILES string of the molecule is CC1C(C(=O)CN2C3CCC4CCC432)c2ccc(CCCC#N)cc2N1c1ccc(Cl)cc1. The van der Waals surface area contributed by atoms with Crippen LogP contribution in [0.4, 0.5) is 11.4 Å². The van der Waals surface area contributed by atoms with E-state index in [0.717, 1.165) is 35.7 Å². The van der Waals surface area contributed by atoms with Crippen LogP contribution in [0.5, 0.6) is 0 Å². The van der Waals surface area contributed by atoms with Crippen LogP contribution < -0.4 is 4.90 Å². The third kappa shape index (κ3) is 3.16. The standard InChI is InChI=1S/C28H30ClN3O/c1-18-27(25(33)17-31-26-12-6-20-13-14-28(20,26)31)23-11-5-19(4-2-3-15-30)16-24(23)32(18)22-9-7-21(29)8-10-22/h5,7-11,16,18,20,26-27H,2-4,6,12-14,17H2,1H3. The van der Waals surface area contributed by atoms with E-state index in [1.54, 1.807) is 0 Å². The molecule has 4 aliphatic rings. The summed E-state index contributed by atoms with van der Waals surface area (Å²) < 4.78 is 0. The number of Topliss-reactive ketones (excluding diaryl/α,β-unsaturated/α-hetero) is 1. The first kappa shape index (κ1) is 21.2. The molecule has 0 radical (unpaired) electrons. The molecule has 0 bridgehead atoms. The largest absolute Gasteiger partial charge is 0.337 e. The number of nitriles is 1. The third-order valence-electron chi connectivity index (χ3n) is 8.92. The van der Waals surface area contributed by atoms with Crippen LogP contribution in [0.1, 0.15) is 62.5 Å². The molecule has 2 aromatic rings. The van der Waals surface area contributed by atoms with Crippen molar-refractivity contribution in [3.8, 4) is 6.07 Å². The molecular weight excluding hydrogens is 430 g/mol. The van der Waals surface area contributed by atoms with Crippen molar-refractivity contribution < 1.29 is 4.79 Å². The number of halogens is 1. The Bertz CT molecular complexity index is 1140. The van der Waals surface area contributed by atoms with Gasteiger partial charge in [-0.15, -0.1) is 0 Å². The maximum Gasteiger partial charge on any atom is 0.156 e. The average Bonchev–Trinajstić information content (AvgIpc) is 3.23.